The van der Waals surface area contributed by atoms with Crippen LogP contribution in [0.25, 0.3) is 11.3 Å². The number of piperidine rings is 1. The van der Waals surface area contributed by atoms with E-state index in [1.54, 1.807) is 41.4 Å². The van der Waals surface area contributed by atoms with E-state index in [0.29, 0.717) is 43.7 Å². The molecule has 2 aliphatic heterocycles. The quantitative estimate of drug-likeness (QED) is 0.883. The Labute approximate surface area is 157 Å². The molecule has 2 aliphatic rings. The first-order valence-corrected chi connectivity index (χ1v) is 9.41. The van der Waals surface area contributed by atoms with Gasteiger partial charge in [0.1, 0.15) is 11.5 Å². The molecular weight excluding hydrogens is 347 g/mol. The summed E-state index contributed by atoms with van der Waals surface area (Å²) in [6, 6.07) is 9.78. The summed E-state index contributed by atoms with van der Waals surface area (Å²) in [4.78, 5) is 18.7. The summed E-state index contributed by atoms with van der Waals surface area (Å²) in [6.07, 6.45) is 4.04. The number of aromatic nitrogens is 1. The van der Waals surface area contributed by atoms with Gasteiger partial charge in [-0.2, -0.15) is 0 Å². The van der Waals surface area contributed by atoms with Gasteiger partial charge in [-0.05, 0) is 49.9 Å². The summed E-state index contributed by atoms with van der Waals surface area (Å²) in [5.41, 5.74) is 0.993. The smallest absolute Gasteiger partial charge is 0.253 e. The van der Waals surface area contributed by atoms with E-state index in [1.807, 2.05) is 0 Å². The van der Waals surface area contributed by atoms with Crippen molar-refractivity contribution in [3.63, 3.8) is 0 Å². The van der Waals surface area contributed by atoms with E-state index in [2.05, 4.69) is 4.98 Å². The van der Waals surface area contributed by atoms with Crippen molar-refractivity contribution in [1.29, 1.82) is 0 Å². The second kappa shape index (κ2) is 7.37. The SMILES string of the molecule is O=C(c1ccc(-c2ncccc2F)cc1)N1CCC2(CC1)OCCCC2O. The van der Waals surface area contributed by atoms with E-state index in [-0.39, 0.29) is 17.4 Å². The minimum absolute atomic E-state index is 0.0526. The predicted molar refractivity (Wildman–Crippen MR) is 98.7 cm³/mol. The Bertz CT molecular complexity index is 816. The van der Waals surface area contributed by atoms with E-state index >= 15 is 0 Å². The number of hydrogen-bond donors (Lipinski definition) is 1. The largest absolute Gasteiger partial charge is 0.390 e. The zero-order valence-corrected chi connectivity index (χ0v) is 15.1. The fourth-order valence-electron chi connectivity index (χ4n) is 4.03. The fourth-order valence-corrected chi connectivity index (χ4v) is 4.03. The van der Waals surface area contributed by atoms with Gasteiger partial charge in [0, 0.05) is 37.0 Å². The number of likely N-dealkylation sites (tertiary alicyclic amines) is 1. The van der Waals surface area contributed by atoms with E-state index < -0.39 is 11.7 Å². The number of pyridine rings is 1. The average Bonchev–Trinajstić information content (AvgIpc) is 2.71. The Balaban J connectivity index is 1.44. The lowest BCUT2D eigenvalue weighted by Gasteiger charge is -2.46. The number of hydrogen-bond acceptors (Lipinski definition) is 4. The van der Waals surface area contributed by atoms with Crippen molar-refractivity contribution in [2.75, 3.05) is 19.7 Å². The van der Waals surface area contributed by atoms with Gasteiger partial charge in [0.15, 0.2) is 0 Å². The van der Waals surface area contributed by atoms with E-state index in [9.17, 15) is 14.3 Å². The number of halogens is 1. The topological polar surface area (TPSA) is 62.7 Å². The molecule has 2 saturated heterocycles. The molecule has 0 saturated carbocycles. The zero-order valence-electron chi connectivity index (χ0n) is 15.1. The number of aliphatic hydroxyl groups excluding tert-OH is 1. The highest BCUT2D eigenvalue weighted by Crippen LogP contribution is 2.35. The summed E-state index contributed by atoms with van der Waals surface area (Å²) in [6.45, 7) is 1.80. The molecule has 1 aromatic heterocycles. The maximum atomic E-state index is 13.9. The first-order chi connectivity index (χ1) is 13.1. The van der Waals surface area contributed by atoms with Crippen LogP contribution in [0, 0.1) is 5.82 Å². The summed E-state index contributed by atoms with van der Waals surface area (Å²) in [5, 5.41) is 10.3. The van der Waals surface area contributed by atoms with Gasteiger partial charge in [0.05, 0.1) is 11.7 Å². The first-order valence-electron chi connectivity index (χ1n) is 9.41. The third-order valence-corrected chi connectivity index (χ3v) is 5.68. The van der Waals surface area contributed by atoms with E-state index in [1.165, 1.54) is 6.07 Å². The molecule has 1 spiro atoms. The average molecular weight is 370 g/mol. The number of benzene rings is 1. The third-order valence-electron chi connectivity index (χ3n) is 5.68. The van der Waals surface area contributed by atoms with Gasteiger partial charge in [-0.1, -0.05) is 12.1 Å². The highest BCUT2D eigenvalue weighted by Gasteiger charge is 2.44. The molecule has 0 bridgehead atoms. The number of amides is 1. The first kappa shape index (κ1) is 18.1. The summed E-state index contributed by atoms with van der Waals surface area (Å²) in [7, 11) is 0. The molecule has 2 aromatic rings. The summed E-state index contributed by atoms with van der Waals surface area (Å²) < 4.78 is 19.8. The van der Waals surface area contributed by atoms with Gasteiger partial charge in [-0.3, -0.25) is 9.78 Å². The predicted octanol–water partition coefficient (Wildman–Crippen LogP) is 3.03. The second-order valence-corrected chi connectivity index (χ2v) is 7.27. The molecular formula is C21H23FN2O3. The highest BCUT2D eigenvalue weighted by atomic mass is 19.1. The Morgan fingerprint density at radius 1 is 1.22 bits per heavy atom. The molecule has 2 fully saturated rings. The van der Waals surface area contributed by atoms with Gasteiger partial charge >= 0.3 is 0 Å². The number of rotatable bonds is 2. The van der Waals surface area contributed by atoms with Gasteiger partial charge in [-0.15, -0.1) is 0 Å². The number of aliphatic hydroxyl groups is 1. The van der Waals surface area contributed by atoms with Crippen molar-refractivity contribution in [3.8, 4) is 11.3 Å². The van der Waals surface area contributed by atoms with Crippen LogP contribution in [0.3, 0.4) is 0 Å². The van der Waals surface area contributed by atoms with Gasteiger partial charge < -0.3 is 14.7 Å². The Hall–Kier alpha value is -2.31. The van der Waals surface area contributed by atoms with Crippen LogP contribution >= 0.6 is 0 Å². The maximum Gasteiger partial charge on any atom is 0.253 e. The number of carbonyl (C=O) groups is 1. The molecule has 0 aliphatic carbocycles. The lowest BCUT2D eigenvalue weighted by molar-refractivity contribution is -0.174. The monoisotopic (exact) mass is 370 g/mol. The molecule has 1 atom stereocenters. The van der Waals surface area contributed by atoms with Crippen LogP contribution in [0.15, 0.2) is 42.6 Å². The lowest BCUT2D eigenvalue weighted by atomic mass is 9.82. The summed E-state index contributed by atoms with van der Waals surface area (Å²) >= 11 is 0. The highest BCUT2D eigenvalue weighted by molar-refractivity contribution is 5.94. The lowest BCUT2D eigenvalue weighted by Crippen LogP contribution is -2.56. The minimum Gasteiger partial charge on any atom is -0.390 e. The molecule has 0 radical (unpaired) electrons. The van der Waals surface area contributed by atoms with Gasteiger partial charge in [-0.25, -0.2) is 4.39 Å². The van der Waals surface area contributed by atoms with Crippen molar-refractivity contribution < 1.29 is 19.0 Å². The third kappa shape index (κ3) is 3.47. The van der Waals surface area contributed by atoms with Crippen molar-refractivity contribution in [2.45, 2.75) is 37.4 Å². The Kier molecular flexibility index (Phi) is 4.93. The molecule has 4 rings (SSSR count). The molecule has 5 nitrogen and oxygen atoms in total. The van der Waals surface area contributed by atoms with Crippen LogP contribution in [0.2, 0.25) is 0 Å². The van der Waals surface area contributed by atoms with Crippen LogP contribution in [0.5, 0.6) is 0 Å². The number of ether oxygens (including phenoxy) is 1. The Morgan fingerprint density at radius 3 is 2.63 bits per heavy atom. The van der Waals surface area contributed by atoms with Gasteiger partial charge in [0.2, 0.25) is 0 Å². The van der Waals surface area contributed by atoms with E-state index in [4.69, 9.17) is 4.74 Å². The Morgan fingerprint density at radius 2 is 1.96 bits per heavy atom. The van der Waals surface area contributed by atoms with Gasteiger partial charge in [0.25, 0.3) is 5.91 Å². The van der Waals surface area contributed by atoms with Crippen LogP contribution in [0.4, 0.5) is 4.39 Å². The van der Waals surface area contributed by atoms with Crippen molar-refractivity contribution in [1.82, 2.24) is 9.88 Å². The second-order valence-electron chi connectivity index (χ2n) is 7.27. The van der Waals surface area contributed by atoms with E-state index in [0.717, 1.165) is 12.8 Å². The number of carbonyl (C=O) groups excluding carboxylic acids is 1. The van der Waals surface area contributed by atoms with Crippen molar-refractivity contribution in [2.24, 2.45) is 0 Å². The minimum atomic E-state index is -0.491. The number of nitrogens with zero attached hydrogens (tertiary/aromatic N) is 2. The zero-order chi connectivity index (χ0) is 18.9. The molecule has 3 heterocycles. The van der Waals surface area contributed by atoms with Crippen LogP contribution in [0.1, 0.15) is 36.0 Å². The molecule has 1 amide bonds. The molecule has 142 valence electrons. The van der Waals surface area contributed by atoms with Crippen molar-refractivity contribution in [3.05, 3.63) is 54.0 Å². The maximum absolute atomic E-state index is 13.9. The molecule has 1 N–H and O–H groups in total. The van der Waals surface area contributed by atoms with Crippen LogP contribution < -0.4 is 0 Å². The van der Waals surface area contributed by atoms with Crippen LogP contribution in [-0.4, -0.2) is 52.3 Å². The molecule has 27 heavy (non-hydrogen) atoms. The standard InChI is InChI=1S/C21H23FN2O3/c22-17-3-1-11-23-19(17)15-5-7-16(8-6-15)20(26)24-12-9-21(10-13-24)18(25)4-2-14-27-21/h1,3,5-8,11,18,25H,2,4,9-10,12-14H2. The molecule has 1 aromatic carbocycles. The van der Waals surface area contributed by atoms with Crippen LogP contribution in [-0.2, 0) is 4.74 Å². The van der Waals surface area contributed by atoms with Crippen molar-refractivity contribution >= 4 is 5.91 Å². The molecule has 6 heteroatoms. The normalized spacial score (nSPS) is 22.0. The fraction of sp³-hybridized carbons (Fsp3) is 0.429. The summed E-state index contributed by atoms with van der Waals surface area (Å²) in [5.74, 6) is -0.438. The molecule has 1 unspecified atom stereocenters.